The molecule has 0 bridgehead atoms. The first kappa shape index (κ1) is 8.97. The lowest BCUT2D eigenvalue weighted by molar-refractivity contribution is 0.714. The van der Waals surface area contributed by atoms with Crippen molar-refractivity contribution in [1.82, 2.24) is 9.97 Å². The molecule has 0 fully saturated rings. The molecule has 1 aromatic heterocycles. The third-order valence-electron chi connectivity index (χ3n) is 1.79. The highest BCUT2D eigenvalue weighted by Crippen LogP contribution is 2.04. The fraction of sp³-hybridized carbons (Fsp3) is 0.556. The molecule has 0 amide bonds. The number of aromatic nitrogens is 2. The van der Waals surface area contributed by atoms with E-state index >= 15 is 0 Å². The number of aryl methyl sites for hydroxylation is 1. The molecule has 66 valence electrons. The molecule has 0 radical (unpaired) electrons. The van der Waals surface area contributed by atoms with E-state index < -0.39 is 0 Å². The minimum absolute atomic E-state index is 0.356. The van der Waals surface area contributed by atoms with Crippen LogP contribution in [0.1, 0.15) is 31.7 Å². The van der Waals surface area contributed by atoms with Gasteiger partial charge in [0.05, 0.1) is 0 Å². The topological polar surface area (TPSA) is 51.8 Å². The molecule has 1 aromatic rings. The Bertz CT molecular complexity index is 218. The molecule has 0 aliphatic heterocycles. The molecule has 0 aliphatic rings. The molecule has 0 saturated carbocycles. The highest BCUT2D eigenvalue weighted by molar-refractivity contribution is 5.16. The van der Waals surface area contributed by atoms with E-state index in [0.29, 0.717) is 5.95 Å². The summed E-state index contributed by atoms with van der Waals surface area (Å²) in [4.78, 5) is 7.85. The van der Waals surface area contributed by atoms with Gasteiger partial charge in [0, 0.05) is 12.4 Å². The van der Waals surface area contributed by atoms with Crippen LogP contribution in [0.5, 0.6) is 0 Å². The van der Waals surface area contributed by atoms with Crippen molar-refractivity contribution in [3.8, 4) is 0 Å². The number of anilines is 1. The van der Waals surface area contributed by atoms with Crippen LogP contribution in [0.15, 0.2) is 12.4 Å². The van der Waals surface area contributed by atoms with Gasteiger partial charge < -0.3 is 5.73 Å². The van der Waals surface area contributed by atoms with Gasteiger partial charge in [-0.05, 0) is 18.4 Å². The Hall–Kier alpha value is -1.12. The van der Waals surface area contributed by atoms with Crippen LogP contribution in [-0.2, 0) is 6.42 Å². The molecule has 1 heterocycles. The molecule has 0 atom stereocenters. The van der Waals surface area contributed by atoms with Crippen LogP contribution in [0.4, 0.5) is 5.95 Å². The van der Waals surface area contributed by atoms with Crippen LogP contribution in [0, 0.1) is 0 Å². The number of nitrogen functional groups attached to an aromatic ring is 1. The SMILES string of the molecule is CCCCCc1cnc(N)nc1. The third-order valence-corrected chi connectivity index (χ3v) is 1.79. The minimum Gasteiger partial charge on any atom is -0.368 e. The van der Waals surface area contributed by atoms with E-state index in [4.69, 9.17) is 5.73 Å². The summed E-state index contributed by atoms with van der Waals surface area (Å²) in [6, 6.07) is 0. The minimum atomic E-state index is 0.356. The Morgan fingerprint density at radius 2 is 1.92 bits per heavy atom. The van der Waals surface area contributed by atoms with E-state index in [1.165, 1.54) is 24.8 Å². The van der Waals surface area contributed by atoms with E-state index in [0.717, 1.165) is 6.42 Å². The molecular formula is C9H15N3. The first-order valence-corrected chi connectivity index (χ1v) is 4.39. The van der Waals surface area contributed by atoms with Crippen molar-refractivity contribution in [3.05, 3.63) is 18.0 Å². The fourth-order valence-electron chi connectivity index (χ4n) is 1.07. The molecule has 0 aromatic carbocycles. The van der Waals surface area contributed by atoms with E-state index in [1.54, 1.807) is 12.4 Å². The monoisotopic (exact) mass is 165 g/mol. The number of nitrogens with zero attached hydrogens (tertiary/aromatic N) is 2. The zero-order valence-electron chi connectivity index (χ0n) is 7.45. The lowest BCUT2D eigenvalue weighted by Crippen LogP contribution is -1.95. The third kappa shape index (κ3) is 2.86. The van der Waals surface area contributed by atoms with E-state index in [2.05, 4.69) is 16.9 Å². The Kier molecular flexibility index (Phi) is 3.51. The molecule has 0 saturated heterocycles. The van der Waals surface area contributed by atoms with E-state index in [-0.39, 0.29) is 0 Å². The summed E-state index contributed by atoms with van der Waals surface area (Å²) in [6.07, 6.45) is 8.40. The maximum atomic E-state index is 5.36. The van der Waals surface area contributed by atoms with E-state index in [9.17, 15) is 0 Å². The molecule has 3 heteroatoms. The molecule has 1 rings (SSSR count). The van der Waals surface area contributed by atoms with Gasteiger partial charge in [-0.1, -0.05) is 19.8 Å². The average Bonchev–Trinajstić information content (AvgIpc) is 2.09. The number of rotatable bonds is 4. The van der Waals surface area contributed by atoms with Crippen molar-refractivity contribution in [1.29, 1.82) is 0 Å². The van der Waals surface area contributed by atoms with Crippen LogP contribution < -0.4 is 5.73 Å². The van der Waals surface area contributed by atoms with Gasteiger partial charge in [0.2, 0.25) is 5.95 Å². The van der Waals surface area contributed by atoms with Gasteiger partial charge in [-0.15, -0.1) is 0 Å². The fourth-order valence-corrected chi connectivity index (χ4v) is 1.07. The summed E-state index contributed by atoms with van der Waals surface area (Å²) >= 11 is 0. The zero-order valence-corrected chi connectivity index (χ0v) is 7.45. The quantitative estimate of drug-likeness (QED) is 0.692. The summed E-state index contributed by atoms with van der Waals surface area (Å²) in [5.41, 5.74) is 6.54. The average molecular weight is 165 g/mol. The second-order valence-corrected chi connectivity index (χ2v) is 2.91. The van der Waals surface area contributed by atoms with Crippen molar-refractivity contribution in [2.45, 2.75) is 32.6 Å². The highest BCUT2D eigenvalue weighted by Gasteiger charge is 1.93. The first-order chi connectivity index (χ1) is 5.83. The Labute approximate surface area is 73.0 Å². The number of hydrogen-bond acceptors (Lipinski definition) is 3. The largest absolute Gasteiger partial charge is 0.368 e. The molecule has 2 N–H and O–H groups in total. The van der Waals surface area contributed by atoms with Gasteiger partial charge in [0.25, 0.3) is 0 Å². The Morgan fingerprint density at radius 3 is 2.50 bits per heavy atom. The van der Waals surface area contributed by atoms with Crippen molar-refractivity contribution >= 4 is 5.95 Å². The summed E-state index contributed by atoms with van der Waals surface area (Å²) < 4.78 is 0. The van der Waals surface area contributed by atoms with Gasteiger partial charge in [0.15, 0.2) is 0 Å². The van der Waals surface area contributed by atoms with Crippen LogP contribution in [0.25, 0.3) is 0 Å². The van der Waals surface area contributed by atoms with Crippen LogP contribution in [0.2, 0.25) is 0 Å². The molecule has 12 heavy (non-hydrogen) atoms. The summed E-state index contributed by atoms with van der Waals surface area (Å²) in [5, 5.41) is 0. The second-order valence-electron chi connectivity index (χ2n) is 2.91. The number of unbranched alkanes of at least 4 members (excludes halogenated alkanes) is 2. The van der Waals surface area contributed by atoms with Crippen molar-refractivity contribution < 1.29 is 0 Å². The van der Waals surface area contributed by atoms with Gasteiger partial charge in [-0.25, -0.2) is 9.97 Å². The van der Waals surface area contributed by atoms with Gasteiger partial charge >= 0.3 is 0 Å². The van der Waals surface area contributed by atoms with E-state index in [1.807, 2.05) is 0 Å². The standard InChI is InChI=1S/C9H15N3/c1-2-3-4-5-8-6-11-9(10)12-7-8/h6-7H,2-5H2,1H3,(H2,10,11,12). The Morgan fingerprint density at radius 1 is 1.25 bits per heavy atom. The van der Waals surface area contributed by atoms with Crippen molar-refractivity contribution in [2.24, 2.45) is 0 Å². The predicted octanol–water partition coefficient (Wildman–Crippen LogP) is 1.79. The van der Waals surface area contributed by atoms with Gasteiger partial charge in [-0.3, -0.25) is 0 Å². The van der Waals surface area contributed by atoms with Crippen LogP contribution in [-0.4, -0.2) is 9.97 Å². The molecule has 0 spiro atoms. The molecule has 0 unspecified atom stereocenters. The zero-order chi connectivity index (χ0) is 8.81. The van der Waals surface area contributed by atoms with Crippen molar-refractivity contribution in [2.75, 3.05) is 5.73 Å². The molecule has 0 aliphatic carbocycles. The lowest BCUT2D eigenvalue weighted by Gasteiger charge is -1.98. The molecular weight excluding hydrogens is 150 g/mol. The number of nitrogens with two attached hydrogens (primary N) is 1. The summed E-state index contributed by atoms with van der Waals surface area (Å²) in [7, 11) is 0. The second kappa shape index (κ2) is 4.70. The highest BCUT2D eigenvalue weighted by atomic mass is 15.0. The summed E-state index contributed by atoms with van der Waals surface area (Å²) in [5.74, 6) is 0.356. The normalized spacial score (nSPS) is 10.1. The number of hydrogen-bond donors (Lipinski definition) is 1. The van der Waals surface area contributed by atoms with Gasteiger partial charge in [-0.2, -0.15) is 0 Å². The van der Waals surface area contributed by atoms with Crippen molar-refractivity contribution in [3.63, 3.8) is 0 Å². The van der Waals surface area contributed by atoms with Crippen LogP contribution >= 0.6 is 0 Å². The maximum absolute atomic E-state index is 5.36. The Balaban J connectivity index is 2.37. The van der Waals surface area contributed by atoms with Crippen LogP contribution in [0.3, 0.4) is 0 Å². The first-order valence-electron chi connectivity index (χ1n) is 4.39. The lowest BCUT2D eigenvalue weighted by atomic mass is 10.1. The predicted molar refractivity (Wildman–Crippen MR) is 49.7 cm³/mol. The van der Waals surface area contributed by atoms with Gasteiger partial charge in [0.1, 0.15) is 0 Å². The smallest absolute Gasteiger partial charge is 0.219 e. The molecule has 3 nitrogen and oxygen atoms in total. The maximum Gasteiger partial charge on any atom is 0.219 e. The summed E-state index contributed by atoms with van der Waals surface area (Å²) in [6.45, 7) is 2.19.